The molecule has 0 aliphatic carbocycles. The Morgan fingerprint density at radius 3 is 2.06 bits per heavy atom. The van der Waals surface area contributed by atoms with Crippen molar-refractivity contribution in [2.24, 2.45) is 5.41 Å². The summed E-state index contributed by atoms with van der Waals surface area (Å²) in [4.78, 5) is 69.6. The number of amides is 5. The summed E-state index contributed by atoms with van der Waals surface area (Å²) in [5, 5.41) is 5.43. The Labute approximate surface area is 396 Å². The summed E-state index contributed by atoms with van der Waals surface area (Å²) in [6, 6.07) is 12.3. The number of ether oxygens (including phenoxy) is 5. The molecule has 1 aliphatic heterocycles. The molecule has 1 atom stereocenters. The number of benzene rings is 2. The maximum absolute atomic E-state index is 15.2. The molecule has 368 valence electrons. The van der Waals surface area contributed by atoms with E-state index in [2.05, 4.69) is 10.6 Å². The van der Waals surface area contributed by atoms with Crippen LogP contribution in [0.25, 0.3) is 11.3 Å². The molecule has 0 saturated heterocycles. The summed E-state index contributed by atoms with van der Waals surface area (Å²) in [6.07, 6.45) is 4.09. The number of nitrogens with one attached hydrogen (secondary N) is 2. The molecule has 2 heterocycles. The average molecular weight is 957 g/mol. The van der Waals surface area contributed by atoms with Gasteiger partial charge in [-0.25, -0.2) is 18.6 Å². The number of hydrogen-bond acceptors (Lipinski definition) is 12. The molecule has 1 aromatic heterocycles. The van der Waals surface area contributed by atoms with E-state index in [0.29, 0.717) is 70.8 Å². The molecule has 19 heteroatoms. The van der Waals surface area contributed by atoms with Crippen LogP contribution in [0.3, 0.4) is 0 Å². The standard InChI is InChI=1S/C48H66F2N6O10S/c1-47(2,3)44(45-53-39(37-31-36(49)13-14-38(37)50)33-54(45)32-35-11-8-7-9-12-35)56(20-10-18-52-46(61)66-48(4,5)6)43(60)34-67-30-29-65-28-27-64-26-25-63-24-23-62-22-17-40(57)51-19-21-55-41(58)15-16-42(55)59/h7-9,11-16,31,33,44H,10,17-30,32,34H2,1-6H3,(H,51,57)(H,52,61)/t44-/m0/s1. The number of nitrogens with zero attached hydrogens (tertiary/aromatic N) is 4. The van der Waals surface area contributed by atoms with Crippen LogP contribution in [0, 0.1) is 17.0 Å². The van der Waals surface area contributed by atoms with Crippen LogP contribution in [0.5, 0.6) is 0 Å². The lowest BCUT2D eigenvalue weighted by molar-refractivity contribution is -0.137. The lowest BCUT2D eigenvalue weighted by Gasteiger charge is -2.40. The Balaban J connectivity index is 1.24. The summed E-state index contributed by atoms with van der Waals surface area (Å²) in [5.41, 5.74) is -0.0447. The molecule has 4 rings (SSSR count). The first-order chi connectivity index (χ1) is 31.9. The average Bonchev–Trinajstić information content (AvgIpc) is 3.81. The molecular weight excluding hydrogens is 891 g/mol. The Morgan fingerprint density at radius 1 is 0.806 bits per heavy atom. The smallest absolute Gasteiger partial charge is 0.407 e. The van der Waals surface area contributed by atoms with Gasteiger partial charge in [0.15, 0.2) is 0 Å². The minimum absolute atomic E-state index is 0.0128. The summed E-state index contributed by atoms with van der Waals surface area (Å²) in [6.45, 7) is 15.1. The van der Waals surface area contributed by atoms with Crippen LogP contribution in [0.1, 0.15) is 71.8 Å². The van der Waals surface area contributed by atoms with Gasteiger partial charge in [-0.05, 0) is 56.4 Å². The molecule has 2 aromatic carbocycles. The Hall–Kier alpha value is -5.21. The van der Waals surface area contributed by atoms with Crippen molar-refractivity contribution in [3.05, 3.63) is 89.9 Å². The first-order valence-corrected chi connectivity index (χ1v) is 23.6. The number of carbonyl (C=O) groups is 5. The van der Waals surface area contributed by atoms with Gasteiger partial charge < -0.3 is 43.8 Å². The molecular formula is C48H66F2N6O10S. The third kappa shape index (κ3) is 19.5. The van der Waals surface area contributed by atoms with Gasteiger partial charge in [-0.2, -0.15) is 0 Å². The van der Waals surface area contributed by atoms with Crippen LogP contribution >= 0.6 is 11.8 Å². The molecule has 0 fully saturated rings. The van der Waals surface area contributed by atoms with Gasteiger partial charge in [-0.3, -0.25) is 24.1 Å². The van der Waals surface area contributed by atoms with Gasteiger partial charge in [0.2, 0.25) is 11.8 Å². The zero-order valence-corrected chi connectivity index (χ0v) is 40.3. The largest absolute Gasteiger partial charge is 0.444 e. The second kappa shape index (κ2) is 27.6. The second-order valence-electron chi connectivity index (χ2n) is 17.6. The van der Waals surface area contributed by atoms with Gasteiger partial charge in [0.1, 0.15) is 23.1 Å². The predicted octanol–water partition coefficient (Wildman–Crippen LogP) is 5.94. The molecule has 0 unspecified atom stereocenters. The van der Waals surface area contributed by atoms with Crippen LogP contribution in [-0.4, -0.2) is 145 Å². The zero-order valence-electron chi connectivity index (χ0n) is 39.5. The monoisotopic (exact) mass is 956 g/mol. The van der Waals surface area contributed by atoms with Gasteiger partial charge in [0.05, 0.1) is 70.3 Å². The van der Waals surface area contributed by atoms with Gasteiger partial charge in [-0.1, -0.05) is 51.1 Å². The van der Waals surface area contributed by atoms with E-state index in [1.807, 2.05) is 55.7 Å². The van der Waals surface area contributed by atoms with E-state index in [1.54, 1.807) is 31.9 Å². The van der Waals surface area contributed by atoms with Gasteiger partial charge in [0.25, 0.3) is 11.8 Å². The van der Waals surface area contributed by atoms with Crippen molar-refractivity contribution < 1.29 is 56.4 Å². The first kappa shape index (κ1) is 54.4. The predicted molar refractivity (Wildman–Crippen MR) is 250 cm³/mol. The van der Waals surface area contributed by atoms with Crippen molar-refractivity contribution in [2.75, 3.05) is 90.5 Å². The van der Waals surface area contributed by atoms with E-state index in [4.69, 9.17) is 28.7 Å². The van der Waals surface area contributed by atoms with Gasteiger partial charge in [-0.15, -0.1) is 11.8 Å². The maximum Gasteiger partial charge on any atom is 0.407 e. The van der Waals surface area contributed by atoms with Crippen LogP contribution in [-0.2, 0) is 49.4 Å². The van der Waals surface area contributed by atoms with E-state index in [0.717, 1.165) is 28.7 Å². The minimum Gasteiger partial charge on any atom is -0.444 e. The minimum atomic E-state index is -0.672. The Morgan fingerprint density at radius 2 is 1.43 bits per heavy atom. The van der Waals surface area contributed by atoms with Crippen LogP contribution < -0.4 is 10.6 Å². The summed E-state index contributed by atoms with van der Waals surface area (Å²) in [7, 11) is 0. The molecule has 0 radical (unpaired) electrons. The SMILES string of the molecule is CC(C)(C)OC(=O)NCCCN(C(=O)CSCCOCCOCCOCCOCCC(=O)NCCN1C(=O)C=CC1=O)[C@@H](c1nc(-c2cc(F)ccc2F)cn1Cc1ccccc1)C(C)(C)C. The Kier molecular flexibility index (Phi) is 22.4. The molecule has 16 nitrogen and oxygen atoms in total. The number of alkyl carbamates (subject to hydrolysis) is 1. The van der Waals surface area contributed by atoms with Crippen LogP contribution in [0.2, 0.25) is 0 Å². The van der Waals surface area contributed by atoms with E-state index < -0.39 is 46.6 Å². The normalized spacial score (nSPS) is 13.3. The number of thioether (sulfide) groups is 1. The number of aromatic nitrogens is 2. The molecule has 0 bridgehead atoms. The molecule has 3 aromatic rings. The maximum atomic E-state index is 15.2. The fraction of sp³-hybridized carbons (Fsp3) is 0.542. The highest BCUT2D eigenvalue weighted by Gasteiger charge is 2.38. The topological polar surface area (TPSA) is 180 Å². The van der Waals surface area contributed by atoms with E-state index in [-0.39, 0.29) is 68.0 Å². The zero-order chi connectivity index (χ0) is 48.8. The first-order valence-electron chi connectivity index (χ1n) is 22.4. The summed E-state index contributed by atoms with van der Waals surface area (Å²) >= 11 is 1.42. The molecule has 0 saturated carbocycles. The number of imide groups is 1. The second-order valence-corrected chi connectivity index (χ2v) is 18.7. The third-order valence-corrected chi connectivity index (χ3v) is 10.8. The highest BCUT2D eigenvalue weighted by molar-refractivity contribution is 7.99. The molecule has 0 spiro atoms. The fourth-order valence-electron chi connectivity index (χ4n) is 6.86. The van der Waals surface area contributed by atoms with Crippen LogP contribution in [0.4, 0.5) is 13.6 Å². The number of halogens is 2. The quantitative estimate of drug-likeness (QED) is 0.0619. The lowest BCUT2D eigenvalue weighted by atomic mass is 9.84. The summed E-state index contributed by atoms with van der Waals surface area (Å²) < 4.78 is 59.2. The van der Waals surface area contributed by atoms with Crippen molar-refractivity contribution in [3.63, 3.8) is 0 Å². The molecule has 5 amide bonds. The molecule has 2 N–H and O–H groups in total. The van der Waals surface area contributed by atoms with Gasteiger partial charge in [0, 0.05) is 68.8 Å². The molecule has 67 heavy (non-hydrogen) atoms. The number of carbonyl (C=O) groups excluding carboxylic acids is 5. The van der Waals surface area contributed by atoms with E-state index >= 15 is 4.39 Å². The molecule has 1 aliphatic rings. The van der Waals surface area contributed by atoms with Crippen molar-refractivity contribution >= 4 is 41.5 Å². The number of rotatable bonds is 29. The third-order valence-electron chi connectivity index (χ3n) is 9.89. The van der Waals surface area contributed by atoms with E-state index in [1.165, 1.54) is 23.9 Å². The van der Waals surface area contributed by atoms with Crippen molar-refractivity contribution in [1.82, 2.24) is 30.0 Å². The van der Waals surface area contributed by atoms with Crippen molar-refractivity contribution in [1.29, 1.82) is 0 Å². The lowest BCUT2D eigenvalue weighted by Crippen LogP contribution is -2.44. The Bertz CT molecular complexity index is 2070. The van der Waals surface area contributed by atoms with Crippen molar-refractivity contribution in [3.8, 4) is 11.3 Å². The van der Waals surface area contributed by atoms with E-state index in [9.17, 15) is 28.4 Å². The highest BCUT2D eigenvalue weighted by atomic mass is 32.2. The van der Waals surface area contributed by atoms with Crippen LogP contribution in [0.15, 0.2) is 66.9 Å². The van der Waals surface area contributed by atoms with Crippen molar-refractivity contribution in [2.45, 2.75) is 72.6 Å². The summed E-state index contributed by atoms with van der Waals surface area (Å²) in [5.74, 6) is -1.22. The van der Waals surface area contributed by atoms with Gasteiger partial charge >= 0.3 is 6.09 Å². The highest BCUT2D eigenvalue weighted by Crippen LogP contribution is 2.40. The number of imidazole rings is 1. The number of hydrogen-bond donors (Lipinski definition) is 2. The fourth-order valence-corrected chi connectivity index (χ4v) is 7.58.